The molecular formula is C22H21NO5S. The molecule has 1 heterocycles. The zero-order valence-corrected chi connectivity index (χ0v) is 17.2. The minimum absolute atomic E-state index is 0.274. The average molecular weight is 411 g/mol. The number of esters is 1. The first-order chi connectivity index (χ1) is 14.0. The maximum Gasteiger partial charge on any atom is 0.339 e. The Bertz CT molecular complexity index is 996. The Balaban J connectivity index is 1.67. The fourth-order valence-corrected chi connectivity index (χ4v) is 3.59. The van der Waals surface area contributed by atoms with E-state index in [4.69, 9.17) is 14.0 Å². The fourth-order valence-electron chi connectivity index (χ4n) is 2.67. The zero-order chi connectivity index (χ0) is 20.8. The summed E-state index contributed by atoms with van der Waals surface area (Å²) >= 11 is 1.46. The number of ether oxygens (including phenoxy) is 2. The van der Waals surface area contributed by atoms with Gasteiger partial charge in [-0.2, -0.15) is 0 Å². The van der Waals surface area contributed by atoms with E-state index >= 15 is 0 Å². The van der Waals surface area contributed by atoms with E-state index in [1.54, 1.807) is 50.4 Å². The quantitative estimate of drug-likeness (QED) is 0.302. The molecule has 0 radical (unpaired) electrons. The average Bonchev–Trinajstić information content (AvgIpc) is 3.17. The predicted molar refractivity (Wildman–Crippen MR) is 109 cm³/mol. The van der Waals surface area contributed by atoms with Crippen LogP contribution in [0, 0.1) is 6.92 Å². The van der Waals surface area contributed by atoms with Gasteiger partial charge in [0.15, 0.2) is 6.10 Å². The van der Waals surface area contributed by atoms with Crippen molar-refractivity contribution in [2.45, 2.75) is 30.6 Å². The zero-order valence-electron chi connectivity index (χ0n) is 16.4. The number of rotatable bonds is 8. The van der Waals surface area contributed by atoms with Crippen molar-refractivity contribution >= 4 is 23.5 Å². The van der Waals surface area contributed by atoms with Crippen molar-refractivity contribution in [2.75, 3.05) is 7.11 Å². The first-order valence-corrected chi connectivity index (χ1v) is 9.99. The van der Waals surface area contributed by atoms with Crippen molar-refractivity contribution < 1.29 is 23.6 Å². The summed E-state index contributed by atoms with van der Waals surface area (Å²) < 4.78 is 15.6. The SMILES string of the molecule is COc1ccc(C(=O)[C@@H](C)OC(=O)c2ccccc2SCc2cc(C)on2)cc1. The number of nitrogens with zero attached hydrogens (tertiary/aromatic N) is 1. The van der Waals surface area contributed by atoms with Gasteiger partial charge < -0.3 is 14.0 Å². The summed E-state index contributed by atoms with van der Waals surface area (Å²) in [6.45, 7) is 3.39. The van der Waals surface area contributed by atoms with Crippen LogP contribution >= 0.6 is 11.8 Å². The van der Waals surface area contributed by atoms with Crippen molar-refractivity contribution in [1.29, 1.82) is 0 Å². The largest absolute Gasteiger partial charge is 0.497 e. The van der Waals surface area contributed by atoms with E-state index in [9.17, 15) is 9.59 Å². The second-order valence-corrected chi connectivity index (χ2v) is 7.37. The summed E-state index contributed by atoms with van der Waals surface area (Å²) in [7, 11) is 1.56. The number of hydrogen-bond acceptors (Lipinski definition) is 7. The van der Waals surface area contributed by atoms with Crippen LogP contribution in [-0.2, 0) is 10.5 Å². The topological polar surface area (TPSA) is 78.6 Å². The third-order valence-corrected chi connectivity index (χ3v) is 5.29. The molecule has 0 aliphatic rings. The Morgan fingerprint density at radius 3 is 2.52 bits per heavy atom. The lowest BCUT2D eigenvalue weighted by molar-refractivity contribution is 0.0315. The Kier molecular flexibility index (Phi) is 6.72. The van der Waals surface area contributed by atoms with Crippen molar-refractivity contribution in [3.63, 3.8) is 0 Å². The molecule has 3 rings (SSSR count). The highest BCUT2D eigenvalue weighted by Gasteiger charge is 2.22. The molecule has 0 spiro atoms. The number of aryl methyl sites for hydroxylation is 1. The van der Waals surface area contributed by atoms with E-state index in [2.05, 4.69) is 5.16 Å². The fraction of sp³-hybridized carbons (Fsp3) is 0.227. The van der Waals surface area contributed by atoms with E-state index in [1.165, 1.54) is 11.8 Å². The van der Waals surface area contributed by atoms with Crippen LogP contribution in [0.2, 0.25) is 0 Å². The van der Waals surface area contributed by atoms with Crippen molar-refractivity contribution in [1.82, 2.24) is 5.16 Å². The van der Waals surface area contributed by atoms with Crippen LogP contribution in [0.1, 0.15) is 39.1 Å². The highest BCUT2D eigenvalue weighted by Crippen LogP contribution is 2.27. The van der Waals surface area contributed by atoms with Gasteiger partial charge in [-0.05, 0) is 50.2 Å². The molecule has 0 fully saturated rings. The van der Waals surface area contributed by atoms with Gasteiger partial charge in [-0.15, -0.1) is 11.8 Å². The van der Waals surface area contributed by atoms with Gasteiger partial charge in [-0.25, -0.2) is 4.79 Å². The van der Waals surface area contributed by atoms with Crippen molar-refractivity contribution in [2.24, 2.45) is 0 Å². The summed E-state index contributed by atoms with van der Waals surface area (Å²) in [6, 6.07) is 15.7. The Hall–Kier alpha value is -3.06. The number of carbonyl (C=O) groups excluding carboxylic acids is 2. The van der Waals surface area contributed by atoms with Crippen LogP contribution in [0.3, 0.4) is 0 Å². The molecule has 0 bridgehead atoms. The maximum atomic E-state index is 12.7. The van der Waals surface area contributed by atoms with Crippen LogP contribution in [0.5, 0.6) is 5.75 Å². The number of thioether (sulfide) groups is 1. The number of benzene rings is 2. The van der Waals surface area contributed by atoms with Gasteiger partial charge in [0.25, 0.3) is 0 Å². The minimum Gasteiger partial charge on any atom is -0.497 e. The van der Waals surface area contributed by atoms with E-state index in [1.807, 2.05) is 25.1 Å². The van der Waals surface area contributed by atoms with Gasteiger partial charge >= 0.3 is 5.97 Å². The number of Topliss-reactive ketones (excluding diaryl/α,β-unsaturated/α-hetero) is 1. The van der Waals surface area contributed by atoms with Crippen LogP contribution in [0.15, 0.2) is 64.0 Å². The summed E-state index contributed by atoms with van der Waals surface area (Å²) in [5, 5.41) is 3.96. The van der Waals surface area contributed by atoms with Gasteiger partial charge in [-0.1, -0.05) is 17.3 Å². The lowest BCUT2D eigenvalue weighted by Crippen LogP contribution is -2.24. The molecule has 1 atom stereocenters. The molecule has 7 heteroatoms. The van der Waals surface area contributed by atoms with E-state index < -0.39 is 12.1 Å². The summed E-state index contributed by atoms with van der Waals surface area (Å²) in [5.74, 6) is 1.13. The molecule has 6 nitrogen and oxygen atoms in total. The molecule has 29 heavy (non-hydrogen) atoms. The van der Waals surface area contributed by atoms with Gasteiger partial charge in [0.2, 0.25) is 5.78 Å². The summed E-state index contributed by atoms with van der Waals surface area (Å²) in [6.07, 6.45) is -0.910. The van der Waals surface area contributed by atoms with E-state index in [0.29, 0.717) is 22.6 Å². The van der Waals surface area contributed by atoms with Crippen LogP contribution < -0.4 is 4.74 Å². The molecule has 0 N–H and O–H groups in total. The van der Waals surface area contributed by atoms with Crippen molar-refractivity contribution in [3.8, 4) is 5.75 Å². The van der Waals surface area contributed by atoms with Gasteiger partial charge in [0.05, 0.1) is 18.4 Å². The monoisotopic (exact) mass is 411 g/mol. The first-order valence-electron chi connectivity index (χ1n) is 9.01. The number of aromatic nitrogens is 1. The van der Waals surface area contributed by atoms with Gasteiger partial charge in [0, 0.05) is 22.3 Å². The lowest BCUT2D eigenvalue weighted by Gasteiger charge is -2.14. The second kappa shape index (κ2) is 9.43. The number of methoxy groups -OCH3 is 1. The molecule has 2 aromatic carbocycles. The van der Waals surface area contributed by atoms with Crippen molar-refractivity contribution in [3.05, 3.63) is 77.2 Å². The molecule has 3 aromatic rings. The second-order valence-electron chi connectivity index (χ2n) is 6.35. The molecule has 0 unspecified atom stereocenters. The molecule has 0 amide bonds. The molecule has 0 saturated carbocycles. The van der Waals surface area contributed by atoms with Gasteiger partial charge in [0.1, 0.15) is 11.5 Å². The summed E-state index contributed by atoms with van der Waals surface area (Å²) in [4.78, 5) is 26.0. The number of hydrogen-bond donors (Lipinski definition) is 0. The predicted octanol–water partition coefficient (Wildman–Crippen LogP) is 4.71. The standard InChI is InChI=1S/C22H21NO5S/c1-14-12-17(23-28-14)13-29-20-7-5-4-6-19(20)22(25)27-15(2)21(24)16-8-10-18(26-3)11-9-16/h4-12,15H,13H2,1-3H3/t15-/m1/s1. The molecule has 1 aromatic heterocycles. The van der Waals surface area contributed by atoms with Crippen LogP contribution in [0.4, 0.5) is 0 Å². The molecule has 0 aliphatic carbocycles. The molecular weight excluding hydrogens is 390 g/mol. The Morgan fingerprint density at radius 1 is 1.14 bits per heavy atom. The van der Waals surface area contributed by atoms with Gasteiger partial charge in [-0.3, -0.25) is 4.79 Å². The summed E-state index contributed by atoms with van der Waals surface area (Å²) in [5.41, 5.74) is 1.65. The number of ketones is 1. The Morgan fingerprint density at radius 2 is 1.86 bits per heavy atom. The lowest BCUT2D eigenvalue weighted by atomic mass is 10.1. The normalized spacial score (nSPS) is 11.7. The number of carbonyl (C=O) groups is 2. The molecule has 150 valence electrons. The van der Waals surface area contributed by atoms with Crippen LogP contribution in [0.25, 0.3) is 0 Å². The van der Waals surface area contributed by atoms with E-state index in [-0.39, 0.29) is 5.78 Å². The first kappa shape index (κ1) is 20.7. The molecule has 0 saturated heterocycles. The maximum absolute atomic E-state index is 12.7. The molecule has 0 aliphatic heterocycles. The highest BCUT2D eigenvalue weighted by molar-refractivity contribution is 7.98. The van der Waals surface area contributed by atoms with E-state index in [0.717, 1.165) is 16.3 Å². The third-order valence-electron chi connectivity index (χ3n) is 4.19. The highest BCUT2D eigenvalue weighted by atomic mass is 32.2. The minimum atomic E-state index is -0.910. The Labute approximate surface area is 173 Å². The van der Waals surface area contributed by atoms with Crippen LogP contribution in [-0.4, -0.2) is 30.1 Å². The third kappa shape index (κ3) is 5.26. The smallest absolute Gasteiger partial charge is 0.339 e.